The van der Waals surface area contributed by atoms with E-state index in [1.165, 1.54) is 7.11 Å². The minimum atomic E-state index is -0.366. The SMILES string of the molecule is COc1cc2ccc1OCC(=O)NCc1ccc(cc1)O[C@H]1CN(C(=O)CCC(C)C)C[C@@H]1NC(=O)CC2. The zero-order valence-electron chi connectivity index (χ0n) is 22.3. The first-order chi connectivity index (χ1) is 18.3. The van der Waals surface area contributed by atoms with Crippen LogP contribution in [0.3, 0.4) is 0 Å². The average Bonchev–Trinajstić information content (AvgIpc) is 3.30. The van der Waals surface area contributed by atoms with Crippen molar-refractivity contribution in [2.75, 3.05) is 26.8 Å². The minimum absolute atomic E-state index is 0.0788. The number of benzene rings is 2. The third-order valence-corrected chi connectivity index (χ3v) is 6.83. The molecule has 4 bridgehead atoms. The fourth-order valence-corrected chi connectivity index (χ4v) is 4.59. The first-order valence-corrected chi connectivity index (χ1v) is 13.2. The number of carbonyl (C=O) groups excluding carboxylic acids is 3. The maximum Gasteiger partial charge on any atom is 0.258 e. The lowest BCUT2D eigenvalue weighted by atomic mass is 10.1. The molecule has 204 valence electrons. The Kier molecular flexibility index (Phi) is 9.10. The highest BCUT2D eigenvalue weighted by Crippen LogP contribution is 2.29. The van der Waals surface area contributed by atoms with Crippen LogP contribution in [-0.2, 0) is 27.3 Å². The Bertz CT molecular complexity index is 1130. The molecule has 0 radical (unpaired) electrons. The molecule has 5 aliphatic rings. The lowest BCUT2D eigenvalue weighted by Crippen LogP contribution is -2.45. The molecular formula is C29H37N3O6. The van der Waals surface area contributed by atoms with E-state index in [4.69, 9.17) is 14.2 Å². The van der Waals surface area contributed by atoms with Crippen molar-refractivity contribution >= 4 is 17.7 Å². The van der Waals surface area contributed by atoms with E-state index >= 15 is 0 Å². The van der Waals surface area contributed by atoms with Crippen LogP contribution in [0.1, 0.15) is 44.2 Å². The van der Waals surface area contributed by atoms with Crippen molar-refractivity contribution in [1.29, 1.82) is 0 Å². The van der Waals surface area contributed by atoms with Gasteiger partial charge in [0, 0.05) is 25.9 Å². The first-order valence-electron chi connectivity index (χ1n) is 13.2. The van der Waals surface area contributed by atoms with Gasteiger partial charge in [-0.05, 0) is 54.2 Å². The molecule has 2 aromatic carbocycles. The Morgan fingerprint density at radius 2 is 1.82 bits per heavy atom. The third-order valence-electron chi connectivity index (χ3n) is 6.83. The van der Waals surface area contributed by atoms with Gasteiger partial charge >= 0.3 is 0 Å². The highest BCUT2D eigenvalue weighted by molar-refractivity contribution is 5.79. The molecule has 2 aromatic rings. The lowest BCUT2D eigenvalue weighted by molar-refractivity contribution is -0.131. The van der Waals surface area contributed by atoms with Crippen molar-refractivity contribution in [3.8, 4) is 17.2 Å². The Labute approximate surface area is 223 Å². The second-order valence-electron chi connectivity index (χ2n) is 10.3. The van der Waals surface area contributed by atoms with Crippen LogP contribution in [0.2, 0.25) is 0 Å². The molecule has 5 aliphatic heterocycles. The highest BCUT2D eigenvalue weighted by atomic mass is 16.5. The molecule has 1 saturated heterocycles. The van der Waals surface area contributed by atoms with Gasteiger partial charge in [-0.25, -0.2) is 0 Å². The number of likely N-dealkylation sites (tertiary alicyclic amines) is 1. The van der Waals surface area contributed by atoms with Crippen molar-refractivity contribution in [3.05, 3.63) is 53.6 Å². The zero-order chi connectivity index (χ0) is 27.1. The van der Waals surface area contributed by atoms with Gasteiger partial charge in [0.25, 0.3) is 5.91 Å². The number of hydrogen-bond donors (Lipinski definition) is 2. The van der Waals surface area contributed by atoms with E-state index in [0.717, 1.165) is 17.5 Å². The molecule has 0 aromatic heterocycles. The van der Waals surface area contributed by atoms with Gasteiger partial charge in [0.2, 0.25) is 11.8 Å². The predicted octanol–water partition coefficient (Wildman–Crippen LogP) is 2.85. The fraction of sp³-hybridized carbons (Fsp3) is 0.483. The molecule has 0 spiro atoms. The Balaban J connectivity index is 1.53. The van der Waals surface area contributed by atoms with Crippen LogP contribution in [0, 0.1) is 5.92 Å². The van der Waals surface area contributed by atoms with E-state index in [2.05, 4.69) is 24.5 Å². The van der Waals surface area contributed by atoms with Crippen LogP contribution >= 0.6 is 0 Å². The molecule has 38 heavy (non-hydrogen) atoms. The van der Waals surface area contributed by atoms with Crippen LogP contribution in [0.5, 0.6) is 17.2 Å². The van der Waals surface area contributed by atoms with Crippen LogP contribution in [0.15, 0.2) is 42.5 Å². The summed E-state index contributed by atoms with van der Waals surface area (Å²) < 4.78 is 17.4. The van der Waals surface area contributed by atoms with Gasteiger partial charge in [-0.15, -0.1) is 0 Å². The van der Waals surface area contributed by atoms with Crippen molar-refractivity contribution in [3.63, 3.8) is 0 Å². The summed E-state index contributed by atoms with van der Waals surface area (Å²) in [6.07, 6.45) is 1.70. The van der Waals surface area contributed by atoms with Crippen LogP contribution in [0.25, 0.3) is 0 Å². The summed E-state index contributed by atoms with van der Waals surface area (Å²) in [6, 6.07) is 12.5. The molecule has 0 saturated carbocycles. The number of aryl methyl sites for hydroxylation is 1. The summed E-state index contributed by atoms with van der Waals surface area (Å²) in [5.41, 5.74) is 1.82. The van der Waals surface area contributed by atoms with Crippen molar-refractivity contribution in [1.82, 2.24) is 15.5 Å². The minimum Gasteiger partial charge on any atom is -0.493 e. The summed E-state index contributed by atoms with van der Waals surface area (Å²) in [6.45, 7) is 5.23. The number of nitrogens with zero attached hydrogens (tertiary/aromatic N) is 1. The standard InChI is InChI=1S/C29H37N3O6/c1-19(2)4-13-29(35)32-16-23-26(17-32)38-22-9-5-21(6-10-22)15-30-28(34)18-37-24-11-7-20(14-25(24)36-3)8-12-27(33)31-23/h5-7,9-11,14,19,23,26H,4,8,12-13,15-18H2,1-3H3,(H,30,34)(H,31,33)/t23-,26-/m0/s1. The molecule has 2 N–H and O–H groups in total. The summed E-state index contributed by atoms with van der Waals surface area (Å²) in [5, 5.41) is 5.96. The van der Waals surface area contributed by atoms with Gasteiger partial charge < -0.3 is 29.7 Å². The van der Waals surface area contributed by atoms with Crippen molar-refractivity contribution in [2.24, 2.45) is 5.92 Å². The van der Waals surface area contributed by atoms with Crippen LogP contribution in [0.4, 0.5) is 0 Å². The highest BCUT2D eigenvalue weighted by Gasteiger charge is 2.37. The molecule has 9 nitrogen and oxygen atoms in total. The topological polar surface area (TPSA) is 106 Å². The normalized spacial score (nSPS) is 20.3. The smallest absolute Gasteiger partial charge is 0.258 e. The summed E-state index contributed by atoms with van der Waals surface area (Å²) >= 11 is 0. The average molecular weight is 524 g/mol. The first kappa shape index (κ1) is 27.3. The van der Waals surface area contributed by atoms with Gasteiger partial charge in [-0.1, -0.05) is 32.0 Å². The van der Waals surface area contributed by atoms with Gasteiger partial charge in [-0.2, -0.15) is 0 Å². The lowest BCUT2D eigenvalue weighted by Gasteiger charge is -2.21. The van der Waals surface area contributed by atoms with E-state index in [0.29, 0.717) is 55.6 Å². The summed E-state index contributed by atoms with van der Waals surface area (Å²) in [7, 11) is 1.54. The van der Waals surface area contributed by atoms with Crippen molar-refractivity contribution in [2.45, 2.75) is 58.2 Å². The second-order valence-corrected chi connectivity index (χ2v) is 10.3. The molecule has 2 atom stereocenters. The summed E-state index contributed by atoms with van der Waals surface area (Å²) in [5.74, 6) is 1.76. The number of rotatable bonds is 4. The number of carbonyl (C=O) groups is 3. The Morgan fingerprint density at radius 1 is 1.05 bits per heavy atom. The van der Waals surface area contributed by atoms with E-state index in [1.807, 2.05) is 36.4 Å². The predicted molar refractivity (Wildman–Crippen MR) is 142 cm³/mol. The monoisotopic (exact) mass is 523 g/mol. The molecular weight excluding hydrogens is 486 g/mol. The molecule has 7 rings (SSSR count). The molecule has 1 fully saturated rings. The second kappa shape index (κ2) is 12.7. The number of amides is 3. The number of ether oxygens (including phenoxy) is 3. The zero-order valence-corrected chi connectivity index (χ0v) is 22.3. The number of methoxy groups -OCH3 is 1. The molecule has 0 aliphatic carbocycles. The molecule has 9 heteroatoms. The van der Waals surface area contributed by atoms with E-state index in [9.17, 15) is 14.4 Å². The quantitative estimate of drug-likeness (QED) is 0.639. The number of nitrogens with one attached hydrogen (secondary N) is 2. The van der Waals surface area contributed by atoms with E-state index in [1.54, 1.807) is 11.0 Å². The van der Waals surface area contributed by atoms with Gasteiger partial charge in [0.05, 0.1) is 19.7 Å². The number of hydrogen-bond acceptors (Lipinski definition) is 6. The molecule has 5 heterocycles. The van der Waals surface area contributed by atoms with Gasteiger partial charge in [0.1, 0.15) is 11.9 Å². The van der Waals surface area contributed by atoms with Crippen LogP contribution < -0.4 is 24.8 Å². The van der Waals surface area contributed by atoms with Crippen LogP contribution in [-0.4, -0.2) is 61.6 Å². The third kappa shape index (κ3) is 7.40. The Morgan fingerprint density at radius 3 is 2.55 bits per heavy atom. The largest absolute Gasteiger partial charge is 0.493 e. The molecule has 3 amide bonds. The maximum atomic E-state index is 12.9. The fourth-order valence-electron chi connectivity index (χ4n) is 4.59. The summed E-state index contributed by atoms with van der Waals surface area (Å²) in [4.78, 5) is 39.9. The van der Waals surface area contributed by atoms with Crippen molar-refractivity contribution < 1.29 is 28.6 Å². The van der Waals surface area contributed by atoms with Gasteiger partial charge in [0.15, 0.2) is 18.1 Å². The maximum absolute atomic E-state index is 12.9. The van der Waals surface area contributed by atoms with Gasteiger partial charge in [-0.3, -0.25) is 14.4 Å². The Hall–Kier alpha value is -3.75. The van der Waals surface area contributed by atoms with E-state index in [-0.39, 0.29) is 42.9 Å². The molecule has 0 unspecified atom stereocenters. The van der Waals surface area contributed by atoms with E-state index < -0.39 is 0 Å².